The van der Waals surface area contributed by atoms with Crippen molar-refractivity contribution >= 4 is 0 Å². The Morgan fingerprint density at radius 3 is 1.03 bits per heavy atom. The molecule has 0 aliphatic carbocycles. The fraction of sp³-hybridized carbons (Fsp3) is 0.172. The van der Waals surface area contributed by atoms with E-state index in [2.05, 4.69) is 0 Å². The predicted octanol–water partition coefficient (Wildman–Crippen LogP) is 8.53. The maximum absolute atomic E-state index is 13.4. The number of hydrogen-bond acceptors (Lipinski definition) is 0. The van der Waals surface area contributed by atoms with Crippen LogP contribution in [0.2, 0.25) is 0 Å². The smallest absolute Gasteiger partial charge is 0.126 e. The third kappa shape index (κ3) is 6.32. The van der Waals surface area contributed by atoms with Crippen molar-refractivity contribution in [3.8, 4) is 22.3 Å². The van der Waals surface area contributed by atoms with Crippen LogP contribution in [0.3, 0.4) is 0 Å². The van der Waals surface area contributed by atoms with Gasteiger partial charge in [0, 0.05) is 12.1 Å². The van der Waals surface area contributed by atoms with E-state index < -0.39 is 23.3 Å². The highest BCUT2D eigenvalue weighted by Gasteiger charge is 2.05. The minimum absolute atomic E-state index is 0.535. The summed E-state index contributed by atoms with van der Waals surface area (Å²) in [6.07, 6.45) is 5.07. The Hall–Kier alpha value is -3.40. The largest absolute Gasteiger partial charge is 0.207 e. The SMILES string of the molecule is Fc1cc(F)cc(-c2ccc(CCCCCc3ccc(-c4cc(F)cc(F)c4)cc3)cc2)c1. The van der Waals surface area contributed by atoms with Crippen LogP contribution in [0.5, 0.6) is 0 Å². The number of rotatable bonds is 8. The monoisotopic (exact) mass is 448 g/mol. The van der Waals surface area contributed by atoms with Crippen molar-refractivity contribution in [3.63, 3.8) is 0 Å². The van der Waals surface area contributed by atoms with E-state index in [9.17, 15) is 17.6 Å². The van der Waals surface area contributed by atoms with Gasteiger partial charge in [0.15, 0.2) is 0 Å². The zero-order valence-corrected chi connectivity index (χ0v) is 18.1. The van der Waals surface area contributed by atoms with Crippen molar-refractivity contribution in [2.75, 3.05) is 0 Å². The van der Waals surface area contributed by atoms with E-state index in [1.807, 2.05) is 48.5 Å². The van der Waals surface area contributed by atoms with Gasteiger partial charge in [-0.15, -0.1) is 0 Å². The van der Waals surface area contributed by atoms with Crippen LogP contribution in [0.4, 0.5) is 17.6 Å². The summed E-state index contributed by atoms with van der Waals surface area (Å²) in [7, 11) is 0. The number of halogens is 4. The molecule has 0 atom stereocenters. The Labute approximate surface area is 191 Å². The molecule has 0 spiro atoms. The molecule has 0 heterocycles. The molecule has 4 rings (SSSR count). The lowest BCUT2D eigenvalue weighted by molar-refractivity contribution is 0.583. The zero-order chi connectivity index (χ0) is 23.2. The van der Waals surface area contributed by atoms with Crippen LogP contribution in [0.25, 0.3) is 22.3 Å². The van der Waals surface area contributed by atoms with Gasteiger partial charge in [-0.1, -0.05) is 55.0 Å². The van der Waals surface area contributed by atoms with Crippen LogP contribution < -0.4 is 0 Å². The van der Waals surface area contributed by atoms with Crippen molar-refractivity contribution in [2.45, 2.75) is 32.1 Å². The summed E-state index contributed by atoms with van der Waals surface area (Å²) < 4.78 is 53.7. The molecule has 0 saturated carbocycles. The molecule has 0 aromatic heterocycles. The molecular weight excluding hydrogens is 424 g/mol. The maximum atomic E-state index is 13.4. The van der Waals surface area contributed by atoms with Gasteiger partial charge in [0.25, 0.3) is 0 Å². The summed E-state index contributed by atoms with van der Waals surface area (Å²) in [5.41, 5.74) is 5.05. The number of benzene rings is 4. The first kappa shape index (κ1) is 22.8. The Morgan fingerprint density at radius 2 is 0.697 bits per heavy atom. The Bertz CT molecular complexity index is 1070. The second kappa shape index (κ2) is 10.5. The first-order chi connectivity index (χ1) is 16.0. The second-order valence-corrected chi connectivity index (χ2v) is 8.27. The van der Waals surface area contributed by atoms with Gasteiger partial charge in [0.1, 0.15) is 23.3 Å². The molecule has 4 aromatic carbocycles. The van der Waals surface area contributed by atoms with Crippen molar-refractivity contribution < 1.29 is 17.6 Å². The van der Waals surface area contributed by atoms with Crippen LogP contribution in [-0.2, 0) is 12.8 Å². The van der Waals surface area contributed by atoms with E-state index in [-0.39, 0.29) is 0 Å². The minimum Gasteiger partial charge on any atom is -0.207 e. The second-order valence-electron chi connectivity index (χ2n) is 8.27. The van der Waals surface area contributed by atoms with E-state index >= 15 is 0 Å². The molecule has 0 aliphatic heterocycles. The fourth-order valence-corrected chi connectivity index (χ4v) is 4.00. The molecule has 33 heavy (non-hydrogen) atoms. The molecule has 0 N–H and O–H groups in total. The quantitative estimate of drug-likeness (QED) is 0.187. The average Bonchev–Trinajstić information content (AvgIpc) is 2.78. The van der Waals surface area contributed by atoms with Gasteiger partial charge in [-0.05, 0) is 83.3 Å². The summed E-state index contributed by atoms with van der Waals surface area (Å²) in [4.78, 5) is 0. The lowest BCUT2D eigenvalue weighted by Crippen LogP contribution is -1.90. The molecule has 0 bridgehead atoms. The fourth-order valence-electron chi connectivity index (χ4n) is 4.00. The number of aryl methyl sites for hydroxylation is 2. The number of unbranched alkanes of at least 4 members (excludes halogenated alkanes) is 2. The number of hydrogen-bond donors (Lipinski definition) is 0. The molecule has 4 aromatic rings. The van der Waals surface area contributed by atoms with E-state index in [1.54, 1.807) is 0 Å². The molecular formula is C29H24F4. The van der Waals surface area contributed by atoms with Crippen LogP contribution in [-0.4, -0.2) is 0 Å². The maximum Gasteiger partial charge on any atom is 0.126 e. The molecule has 4 heteroatoms. The van der Waals surface area contributed by atoms with Gasteiger partial charge in [-0.25, -0.2) is 17.6 Å². The van der Waals surface area contributed by atoms with Crippen molar-refractivity contribution in [1.82, 2.24) is 0 Å². The highest BCUT2D eigenvalue weighted by atomic mass is 19.1. The van der Waals surface area contributed by atoms with Gasteiger partial charge in [-0.2, -0.15) is 0 Å². The summed E-state index contributed by atoms with van der Waals surface area (Å²) >= 11 is 0. The molecule has 168 valence electrons. The molecule has 0 fully saturated rings. The van der Waals surface area contributed by atoms with Gasteiger partial charge >= 0.3 is 0 Å². The zero-order valence-electron chi connectivity index (χ0n) is 18.1. The highest BCUT2D eigenvalue weighted by molar-refractivity contribution is 5.64. The van der Waals surface area contributed by atoms with Crippen LogP contribution in [0, 0.1) is 23.3 Å². The van der Waals surface area contributed by atoms with Crippen LogP contribution in [0.1, 0.15) is 30.4 Å². The Balaban J connectivity index is 1.23. The van der Waals surface area contributed by atoms with E-state index in [0.29, 0.717) is 11.1 Å². The first-order valence-corrected chi connectivity index (χ1v) is 11.1. The van der Waals surface area contributed by atoms with Gasteiger partial charge < -0.3 is 0 Å². The van der Waals surface area contributed by atoms with Gasteiger partial charge in [0.2, 0.25) is 0 Å². The standard InChI is InChI=1S/C29H24F4/c30-26-14-24(15-27(31)18-26)22-10-6-20(7-11-22)4-2-1-3-5-21-8-12-23(13-9-21)25-16-28(32)19-29(33)17-25/h6-19H,1-5H2. The summed E-state index contributed by atoms with van der Waals surface area (Å²) in [5, 5.41) is 0. The average molecular weight is 449 g/mol. The summed E-state index contributed by atoms with van der Waals surface area (Å²) in [6, 6.07) is 22.7. The molecule has 0 aliphatic rings. The highest BCUT2D eigenvalue weighted by Crippen LogP contribution is 2.24. The minimum atomic E-state index is -0.577. The predicted molar refractivity (Wildman–Crippen MR) is 125 cm³/mol. The molecule has 0 nitrogen and oxygen atoms in total. The summed E-state index contributed by atoms with van der Waals surface area (Å²) in [5.74, 6) is -2.31. The third-order valence-corrected chi connectivity index (χ3v) is 5.73. The van der Waals surface area contributed by atoms with Crippen molar-refractivity contribution in [3.05, 3.63) is 119 Å². The molecule has 0 saturated heterocycles. The molecule has 0 amide bonds. The van der Waals surface area contributed by atoms with Crippen LogP contribution >= 0.6 is 0 Å². The van der Waals surface area contributed by atoms with E-state index in [0.717, 1.165) is 55.4 Å². The normalized spacial score (nSPS) is 11.0. The lowest BCUT2D eigenvalue weighted by atomic mass is 9.99. The Morgan fingerprint density at radius 1 is 0.364 bits per heavy atom. The van der Waals surface area contributed by atoms with Crippen molar-refractivity contribution in [1.29, 1.82) is 0 Å². The topological polar surface area (TPSA) is 0 Å². The lowest BCUT2D eigenvalue weighted by Gasteiger charge is -2.07. The molecule has 0 radical (unpaired) electrons. The first-order valence-electron chi connectivity index (χ1n) is 11.1. The van der Waals surface area contributed by atoms with E-state index in [4.69, 9.17) is 0 Å². The van der Waals surface area contributed by atoms with Gasteiger partial charge in [-0.3, -0.25) is 0 Å². The molecule has 0 unspecified atom stereocenters. The summed E-state index contributed by atoms with van der Waals surface area (Å²) in [6.45, 7) is 0. The van der Waals surface area contributed by atoms with Gasteiger partial charge in [0.05, 0.1) is 0 Å². The Kier molecular flexibility index (Phi) is 7.23. The van der Waals surface area contributed by atoms with E-state index in [1.165, 1.54) is 35.4 Å². The van der Waals surface area contributed by atoms with Crippen LogP contribution in [0.15, 0.2) is 84.9 Å². The third-order valence-electron chi connectivity index (χ3n) is 5.73. The van der Waals surface area contributed by atoms with Crippen molar-refractivity contribution in [2.24, 2.45) is 0 Å².